The van der Waals surface area contributed by atoms with Gasteiger partial charge in [-0.15, -0.1) is 0 Å². The fraction of sp³-hybridized carbons (Fsp3) is 0.107. The zero-order valence-corrected chi connectivity index (χ0v) is 19.6. The predicted molar refractivity (Wildman–Crippen MR) is 134 cm³/mol. The molecule has 4 aromatic rings. The van der Waals surface area contributed by atoms with Gasteiger partial charge in [-0.1, -0.05) is 36.4 Å². The summed E-state index contributed by atoms with van der Waals surface area (Å²) >= 11 is 0. The lowest BCUT2D eigenvalue weighted by atomic mass is 10.1. The molecule has 0 atom stereocenters. The van der Waals surface area contributed by atoms with Crippen LogP contribution in [0.1, 0.15) is 21.5 Å². The Labute approximate surface area is 206 Å². The first kappa shape index (κ1) is 24.3. The summed E-state index contributed by atoms with van der Waals surface area (Å²) in [6.45, 7) is 0.281. The van der Waals surface area contributed by atoms with Gasteiger partial charge in [-0.3, -0.25) is 4.79 Å². The molecule has 0 aliphatic heterocycles. The van der Waals surface area contributed by atoms with E-state index in [1.54, 1.807) is 36.4 Å². The van der Waals surface area contributed by atoms with E-state index >= 15 is 0 Å². The molecule has 0 aliphatic carbocycles. The molecule has 8 nitrogen and oxygen atoms in total. The molecule has 1 N–H and O–H groups in total. The number of carbonyl (C=O) groups is 2. The number of rotatable bonds is 8. The van der Waals surface area contributed by atoms with Gasteiger partial charge in [-0.25, -0.2) is 9.59 Å². The van der Waals surface area contributed by atoms with Gasteiger partial charge >= 0.3 is 11.6 Å². The van der Waals surface area contributed by atoms with E-state index in [1.807, 2.05) is 30.3 Å². The summed E-state index contributed by atoms with van der Waals surface area (Å²) < 4.78 is 21.1. The third-order valence-electron chi connectivity index (χ3n) is 5.29. The van der Waals surface area contributed by atoms with Gasteiger partial charge in [-0.05, 0) is 47.5 Å². The summed E-state index contributed by atoms with van der Waals surface area (Å²) in [4.78, 5) is 37.2. The van der Waals surface area contributed by atoms with Gasteiger partial charge in [0.15, 0.2) is 11.5 Å². The molecule has 4 rings (SSSR count). The first-order valence-corrected chi connectivity index (χ1v) is 11.0. The molecule has 0 saturated carbocycles. The van der Waals surface area contributed by atoms with Gasteiger partial charge in [-0.2, -0.15) is 0 Å². The maximum absolute atomic E-state index is 12.5. The zero-order valence-electron chi connectivity index (χ0n) is 19.6. The fourth-order valence-electron chi connectivity index (χ4n) is 3.46. The summed E-state index contributed by atoms with van der Waals surface area (Å²) in [6, 6.07) is 20.6. The van der Waals surface area contributed by atoms with Gasteiger partial charge in [0.2, 0.25) is 0 Å². The average molecular weight is 485 g/mol. The highest BCUT2D eigenvalue weighted by Gasteiger charge is 2.14. The number of amides is 1. The smallest absolute Gasteiger partial charge is 0.349 e. The third-order valence-corrected chi connectivity index (χ3v) is 5.29. The minimum atomic E-state index is -0.787. The van der Waals surface area contributed by atoms with E-state index in [0.29, 0.717) is 22.4 Å². The Hall–Kier alpha value is -4.85. The minimum Gasteiger partial charge on any atom is -0.493 e. The number of ether oxygens (including phenoxy) is 3. The molecule has 0 unspecified atom stereocenters. The number of esters is 1. The summed E-state index contributed by atoms with van der Waals surface area (Å²) in [7, 11) is 3.07. The lowest BCUT2D eigenvalue weighted by Crippen LogP contribution is -2.27. The monoisotopic (exact) mass is 485 g/mol. The maximum Gasteiger partial charge on any atom is 0.349 e. The highest BCUT2D eigenvalue weighted by molar-refractivity contribution is 5.97. The van der Waals surface area contributed by atoms with Crippen LogP contribution in [-0.4, -0.2) is 26.1 Å². The molecule has 0 radical (unpaired) electrons. The van der Waals surface area contributed by atoms with Gasteiger partial charge in [0.25, 0.3) is 5.91 Å². The van der Waals surface area contributed by atoms with Crippen LogP contribution < -0.4 is 25.2 Å². The van der Waals surface area contributed by atoms with Crippen LogP contribution in [-0.2, 0) is 11.3 Å². The maximum atomic E-state index is 12.5. The van der Waals surface area contributed by atoms with Crippen LogP contribution in [0.2, 0.25) is 0 Å². The van der Waals surface area contributed by atoms with Crippen LogP contribution in [0.4, 0.5) is 0 Å². The lowest BCUT2D eigenvalue weighted by Gasteiger charge is -2.07. The van der Waals surface area contributed by atoms with Crippen molar-refractivity contribution in [3.63, 3.8) is 0 Å². The van der Waals surface area contributed by atoms with Crippen LogP contribution in [0.5, 0.6) is 17.2 Å². The second-order valence-electron chi connectivity index (χ2n) is 7.68. The number of fused-ring (bicyclic) bond motifs is 1. The normalized spacial score (nSPS) is 10.8. The lowest BCUT2D eigenvalue weighted by molar-refractivity contribution is -0.128. The van der Waals surface area contributed by atoms with Crippen molar-refractivity contribution >= 4 is 28.9 Å². The molecule has 182 valence electrons. The van der Waals surface area contributed by atoms with Crippen molar-refractivity contribution < 1.29 is 28.2 Å². The summed E-state index contributed by atoms with van der Waals surface area (Å²) in [5.41, 5.74) is 0.912. The van der Waals surface area contributed by atoms with E-state index < -0.39 is 17.5 Å². The number of hydrogen-bond acceptors (Lipinski definition) is 7. The Balaban J connectivity index is 1.44. The SMILES string of the molecule is COc1ccc(/C=C/C(=O)Oc2ccc3cc(C(=O)NCc4ccccc4)c(=O)oc3c2)cc1OC. The van der Waals surface area contributed by atoms with Crippen LogP contribution in [0.15, 0.2) is 88.1 Å². The number of carbonyl (C=O) groups excluding carboxylic acids is 2. The molecule has 0 bridgehead atoms. The van der Waals surface area contributed by atoms with E-state index in [2.05, 4.69) is 5.32 Å². The first-order valence-electron chi connectivity index (χ1n) is 11.0. The molecule has 8 heteroatoms. The molecule has 0 saturated heterocycles. The Morgan fingerprint density at radius 3 is 2.44 bits per heavy atom. The number of nitrogens with one attached hydrogen (secondary N) is 1. The standard InChI is InChI=1S/C28H23NO7/c1-33-23-12-8-18(14-25(23)34-2)9-13-26(30)35-21-11-10-20-15-22(28(32)36-24(20)16-21)27(31)29-17-19-6-4-3-5-7-19/h3-16H,17H2,1-2H3,(H,29,31)/b13-9+. The highest BCUT2D eigenvalue weighted by atomic mass is 16.5. The van der Waals surface area contributed by atoms with E-state index in [1.165, 1.54) is 32.4 Å². The third kappa shape index (κ3) is 5.79. The second kappa shape index (κ2) is 11.1. The number of benzene rings is 3. The van der Waals surface area contributed by atoms with Crippen LogP contribution in [0.3, 0.4) is 0 Å². The minimum absolute atomic E-state index is 0.110. The molecular weight excluding hydrogens is 462 g/mol. The Kier molecular flexibility index (Phi) is 7.45. The van der Waals surface area contributed by atoms with Crippen LogP contribution in [0, 0.1) is 0 Å². The van der Waals surface area contributed by atoms with Crippen molar-refractivity contribution in [2.45, 2.75) is 6.54 Å². The van der Waals surface area contributed by atoms with E-state index in [-0.39, 0.29) is 23.4 Å². The zero-order chi connectivity index (χ0) is 25.5. The fourth-order valence-corrected chi connectivity index (χ4v) is 3.46. The van der Waals surface area contributed by atoms with Gasteiger partial charge in [0, 0.05) is 24.1 Å². The first-order chi connectivity index (χ1) is 17.5. The van der Waals surface area contributed by atoms with Gasteiger partial charge < -0.3 is 23.9 Å². The van der Waals surface area contributed by atoms with Crippen molar-refractivity contribution in [2.75, 3.05) is 14.2 Å². The summed E-state index contributed by atoms with van der Waals surface area (Å²) in [5, 5.41) is 3.22. The molecule has 3 aromatic carbocycles. The van der Waals surface area contributed by atoms with E-state index in [4.69, 9.17) is 18.6 Å². The highest BCUT2D eigenvalue weighted by Crippen LogP contribution is 2.28. The van der Waals surface area contributed by atoms with Crippen LogP contribution >= 0.6 is 0 Å². The van der Waals surface area contributed by atoms with Gasteiger partial charge in [0.05, 0.1) is 14.2 Å². The topological polar surface area (TPSA) is 104 Å². The quantitative estimate of drug-likeness (QED) is 0.171. The Morgan fingerprint density at radius 1 is 0.917 bits per heavy atom. The molecule has 1 amide bonds. The molecular formula is C28H23NO7. The van der Waals surface area contributed by atoms with E-state index in [9.17, 15) is 14.4 Å². The van der Waals surface area contributed by atoms with Crippen molar-refractivity contribution in [2.24, 2.45) is 0 Å². The Bertz CT molecular complexity index is 1490. The summed E-state index contributed by atoms with van der Waals surface area (Å²) in [6.07, 6.45) is 2.84. The summed E-state index contributed by atoms with van der Waals surface area (Å²) in [5.74, 6) is 0.139. The predicted octanol–water partition coefficient (Wildman–Crippen LogP) is 4.36. The molecule has 1 aromatic heterocycles. The molecule has 0 aliphatic rings. The molecule has 36 heavy (non-hydrogen) atoms. The molecule has 0 spiro atoms. The Morgan fingerprint density at radius 2 is 1.69 bits per heavy atom. The van der Waals surface area contributed by atoms with E-state index in [0.717, 1.165) is 5.56 Å². The number of methoxy groups -OCH3 is 2. The van der Waals surface area contributed by atoms with Crippen molar-refractivity contribution in [1.82, 2.24) is 5.32 Å². The average Bonchev–Trinajstić information content (AvgIpc) is 2.90. The second-order valence-corrected chi connectivity index (χ2v) is 7.68. The van der Waals surface area contributed by atoms with Gasteiger partial charge in [0.1, 0.15) is 16.9 Å². The van der Waals surface area contributed by atoms with Crippen molar-refractivity contribution in [3.8, 4) is 17.2 Å². The molecule has 1 heterocycles. The van der Waals surface area contributed by atoms with Crippen molar-refractivity contribution in [3.05, 3.63) is 106 Å². The molecule has 0 fully saturated rings. The van der Waals surface area contributed by atoms with Crippen molar-refractivity contribution in [1.29, 1.82) is 0 Å². The van der Waals surface area contributed by atoms with Crippen LogP contribution in [0.25, 0.3) is 17.0 Å². The largest absolute Gasteiger partial charge is 0.493 e. The number of hydrogen-bond donors (Lipinski definition) is 1.